The Balaban J connectivity index is 1.28. The highest BCUT2D eigenvalue weighted by Gasteiger charge is 2.54. The fourth-order valence-electron chi connectivity index (χ4n) is 6.87. The van der Waals surface area contributed by atoms with Gasteiger partial charge in [0.2, 0.25) is 17.7 Å². The molecule has 0 radical (unpaired) electrons. The van der Waals surface area contributed by atoms with Crippen LogP contribution in [0, 0.1) is 11.2 Å². The predicted octanol–water partition coefficient (Wildman–Crippen LogP) is 2.05. The highest BCUT2D eigenvalue weighted by Crippen LogP contribution is 2.57. The predicted molar refractivity (Wildman–Crippen MR) is 170 cm³/mol. The normalized spacial score (nSPS) is 15.3. The summed E-state index contributed by atoms with van der Waals surface area (Å²) in [7, 11) is 4.47. The molecule has 3 heterocycles. The topological polar surface area (TPSA) is 169 Å². The quantitative estimate of drug-likeness (QED) is 0.229. The zero-order chi connectivity index (χ0) is 34.3. The van der Waals surface area contributed by atoms with Crippen molar-refractivity contribution >= 4 is 51.5 Å². The van der Waals surface area contributed by atoms with E-state index in [1.807, 2.05) is 12.1 Å². The molecule has 15 heteroatoms. The van der Waals surface area contributed by atoms with Gasteiger partial charge in [0.1, 0.15) is 18.9 Å². The number of ether oxygens (including phenoxy) is 1. The van der Waals surface area contributed by atoms with Gasteiger partial charge in [0.05, 0.1) is 43.0 Å². The molecule has 1 spiro atoms. The van der Waals surface area contributed by atoms with Crippen LogP contribution in [0.1, 0.15) is 37.3 Å². The summed E-state index contributed by atoms with van der Waals surface area (Å²) in [5.74, 6) is -3.16. The number of fused-ring (bicyclic) bond motifs is 2. The molecule has 4 aromatic rings. The van der Waals surface area contributed by atoms with Crippen LogP contribution in [0.5, 0.6) is 0 Å². The molecule has 3 amide bonds. The molecule has 2 N–H and O–H groups in total. The van der Waals surface area contributed by atoms with Crippen LogP contribution < -0.4 is 5.32 Å². The number of aryl methyl sites for hydroxylation is 1. The van der Waals surface area contributed by atoms with Gasteiger partial charge in [0.15, 0.2) is 0 Å². The molecule has 1 saturated heterocycles. The van der Waals surface area contributed by atoms with Gasteiger partial charge in [-0.2, -0.15) is 10.2 Å². The van der Waals surface area contributed by atoms with E-state index in [2.05, 4.69) is 15.2 Å². The summed E-state index contributed by atoms with van der Waals surface area (Å²) in [5.41, 5.74) is 3.00. The van der Waals surface area contributed by atoms with Gasteiger partial charge in [-0.15, -0.1) is 0 Å². The van der Waals surface area contributed by atoms with Crippen molar-refractivity contribution in [1.29, 1.82) is 0 Å². The van der Waals surface area contributed by atoms with Crippen LogP contribution in [0.25, 0.3) is 32.9 Å². The summed E-state index contributed by atoms with van der Waals surface area (Å²) < 4.78 is 23.5. The Labute approximate surface area is 274 Å². The van der Waals surface area contributed by atoms with Crippen LogP contribution in [0.3, 0.4) is 0 Å². The first kappa shape index (κ1) is 32.6. The number of benzene rings is 2. The number of halogens is 1. The molecule has 48 heavy (non-hydrogen) atoms. The monoisotopic (exact) mass is 661 g/mol. The number of amides is 3. The van der Waals surface area contributed by atoms with E-state index >= 15 is 4.39 Å². The van der Waals surface area contributed by atoms with Crippen molar-refractivity contribution in [2.75, 3.05) is 40.3 Å². The number of carbonyl (C=O) groups is 5. The van der Waals surface area contributed by atoms with E-state index in [4.69, 9.17) is 10.2 Å². The Morgan fingerprint density at radius 2 is 1.85 bits per heavy atom. The highest BCUT2D eigenvalue weighted by molar-refractivity contribution is 6.00. The second-order valence-electron chi connectivity index (χ2n) is 12.8. The molecule has 0 unspecified atom stereocenters. The molecule has 2 aromatic heterocycles. The van der Waals surface area contributed by atoms with Crippen molar-refractivity contribution in [1.82, 2.24) is 34.7 Å². The van der Waals surface area contributed by atoms with E-state index in [1.54, 1.807) is 39.6 Å². The number of methoxy groups -OCH3 is 1. The molecule has 2 aromatic carbocycles. The smallest absolute Gasteiger partial charge is 0.325 e. The number of carboxylic acids is 1. The van der Waals surface area contributed by atoms with Crippen LogP contribution in [0.2, 0.25) is 0 Å². The molecule has 1 aliphatic carbocycles. The average molecular weight is 662 g/mol. The third-order valence-electron chi connectivity index (χ3n) is 9.38. The van der Waals surface area contributed by atoms with Crippen LogP contribution >= 0.6 is 0 Å². The largest absolute Gasteiger partial charge is 0.481 e. The standard InChI is InChI=1S/C33H36FN7O7/c1-38(15-26(42)35-14-30(47)48-3)28(44)16-41-24-6-4-5-21(22-10-25-19(9-23(22)34)13-36-39(25)2)31(24)32(37-41)20-11-33(12-20)17-40(18-33)27(43)7-8-29(45)46/h4-6,9-10,13,20H,7-8,11-12,14-18H2,1-3H3,(H,35,42)(H,45,46). The zero-order valence-electron chi connectivity index (χ0n) is 26.9. The summed E-state index contributed by atoms with van der Waals surface area (Å²) in [4.78, 5) is 63.3. The van der Waals surface area contributed by atoms with E-state index in [0.29, 0.717) is 35.1 Å². The SMILES string of the molecule is COC(=O)CNC(=O)CN(C)C(=O)Cn1nc(C2CC3(C2)CN(C(=O)CCC(=O)O)C3)c2c(-c3cc4c(cnn4C)cc3F)cccc21. The first-order valence-electron chi connectivity index (χ1n) is 15.6. The molecular formula is C33H36FN7O7. The minimum absolute atomic E-state index is 0.0217. The third kappa shape index (κ3) is 6.19. The summed E-state index contributed by atoms with van der Waals surface area (Å²) in [5, 5.41) is 21.9. The van der Waals surface area contributed by atoms with Crippen LogP contribution in [0.4, 0.5) is 4.39 Å². The molecule has 2 aliphatic rings. The molecule has 14 nitrogen and oxygen atoms in total. The maximum atomic E-state index is 15.7. The van der Waals surface area contributed by atoms with Gasteiger partial charge in [-0.05, 0) is 36.6 Å². The fraction of sp³-hybridized carbons (Fsp3) is 0.424. The second kappa shape index (κ2) is 12.7. The van der Waals surface area contributed by atoms with Gasteiger partial charge in [0.25, 0.3) is 0 Å². The maximum absolute atomic E-state index is 15.7. The van der Waals surface area contributed by atoms with E-state index in [-0.39, 0.29) is 49.7 Å². The second-order valence-corrected chi connectivity index (χ2v) is 12.8. The van der Waals surface area contributed by atoms with Crippen LogP contribution in [-0.2, 0) is 42.3 Å². The van der Waals surface area contributed by atoms with E-state index in [1.165, 1.54) is 25.1 Å². The number of carbonyl (C=O) groups excluding carboxylic acids is 4. The van der Waals surface area contributed by atoms with Gasteiger partial charge in [-0.25, -0.2) is 4.39 Å². The lowest BCUT2D eigenvalue weighted by molar-refractivity contribution is -0.153. The van der Waals surface area contributed by atoms with Crippen molar-refractivity contribution < 1.29 is 38.2 Å². The van der Waals surface area contributed by atoms with Gasteiger partial charge in [-0.1, -0.05) is 12.1 Å². The van der Waals surface area contributed by atoms with Gasteiger partial charge >= 0.3 is 11.9 Å². The van der Waals surface area contributed by atoms with Crippen LogP contribution in [-0.4, -0.2) is 104 Å². The van der Waals surface area contributed by atoms with Gasteiger partial charge in [-0.3, -0.25) is 33.3 Å². The Kier molecular flexibility index (Phi) is 8.62. The average Bonchev–Trinajstić information content (AvgIpc) is 3.56. The number of carboxylic acid groups (broad SMARTS) is 1. The molecule has 0 bridgehead atoms. The first-order valence-corrected chi connectivity index (χ1v) is 15.6. The fourth-order valence-corrected chi connectivity index (χ4v) is 6.87. The van der Waals surface area contributed by atoms with Gasteiger partial charge < -0.3 is 25.0 Å². The van der Waals surface area contributed by atoms with Crippen molar-refractivity contribution in [2.45, 2.75) is 38.1 Å². The number of esters is 1. The van der Waals surface area contributed by atoms with E-state index in [0.717, 1.165) is 29.4 Å². The molecule has 6 rings (SSSR count). The minimum Gasteiger partial charge on any atom is -0.481 e. The highest BCUT2D eigenvalue weighted by atomic mass is 19.1. The molecule has 2 fully saturated rings. The molecule has 1 saturated carbocycles. The number of hydrogen-bond acceptors (Lipinski definition) is 8. The lowest BCUT2D eigenvalue weighted by Gasteiger charge is -2.59. The number of rotatable bonds is 11. The third-order valence-corrected chi connectivity index (χ3v) is 9.38. The van der Waals surface area contributed by atoms with Crippen LogP contribution in [0.15, 0.2) is 36.5 Å². The molecule has 1 aliphatic heterocycles. The Bertz CT molecular complexity index is 1950. The summed E-state index contributed by atoms with van der Waals surface area (Å²) in [6, 6.07) is 8.66. The van der Waals surface area contributed by atoms with Crippen molar-refractivity contribution in [3.63, 3.8) is 0 Å². The first-order chi connectivity index (χ1) is 22.9. The zero-order valence-corrected chi connectivity index (χ0v) is 26.9. The Morgan fingerprint density at radius 1 is 1.10 bits per heavy atom. The van der Waals surface area contributed by atoms with Crippen molar-refractivity contribution in [3.8, 4) is 11.1 Å². The van der Waals surface area contributed by atoms with E-state index < -0.39 is 29.6 Å². The molecular weight excluding hydrogens is 625 g/mol. The summed E-state index contributed by atoms with van der Waals surface area (Å²) in [6.45, 7) is 0.302. The number of nitrogens with one attached hydrogen (secondary N) is 1. The maximum Gasteiger partial charge on any atom is 0.325 e. The number of hydrogen-bond donors (Lipinski definition) is 2. The number of aliphatic carboxylic acids is 1. The number of likely N-dealkylation sites (N-methyl/N-ethyl adjacent to an activating group) is 1. The van der Waals surface area contributed by atoms with Crippen molar-refractivity contribution in [2.24, 2.45) is 12.5 Å². The molecule has 0 atom stereocenters. The number of nitrogens with zero attached hydrogens (tertiary/aromatic N) is 6. The minimum atomic E-state index is -1.01. The Hall–Kier alpha value is -5.34. The molecule has 252 valence electrons. The summed E-state index contributed by atoms with van der Waals surface area (Å²) in [6.07, 6.45) is 2.83. The Morgan fingerprint density at radius 3 is 2.56 bits per heavy atom. The summed E-state index contributed by atoms with van der Waals surface area (Å²) >= 11 is 0. The number of aromatic nitrogens is 4. The van der Waals surface area contributed by atoms with E-state index in [9.17, 15) is 24.0 Å². The lowest BCUT2D eigenvalue weighted by Crippen LogP contribution is -2.63. The van der Waals surface area contributed by atoms with Crippen molar-refractivity contribution in [3.05, 3.63) is 48.0 Å². The lowest BCUT2D eigenvalue weighted by atomic mass is 9.56. The number of likely N-dealkylation sites (tertiary alicyclic amines) is 1. The van der Waals surface area contributed by atoms with Gasteiger partial charge in [0, 0.05) is 61.3 Å².